The number of methoxy groups -OCH3 is 1. The number of aryl methyl sites for hydroxylation is 2. The number of benzene rings is 2. The van der Waals surface area contributed by atoms with Crippen LogP contribution < -0.4 is 21.3 Å². The highest BCUT2D eigenvalue weighted by molar-refractivity contribution is 7.18. The molecule has 1 aliphatic rings. The SMILES string of the molecule is COc1ccc(-n2c(=O)c3c4c(sc3n(CC(=O)Nc3cccc(C(F)(F)F)c3)c2=O)CCCC4)cc1. The van der Waals surface area contributed by atoms with Crippen LogP contribution in [-0.2, 0) is 30.4 Å². The number of hydrogen-bond acceptors (Lipinski definition) is 5. The highest BCUT2D eigenvalue weighted by atomic mass is 32.1. The van der Waals surface area contributed by atoms with Crippen molar-refractivity contribution in [3.8, 4) is 11.4 Å². The van der Waals surface area contributed by atoms with E-state index in [1.165, 1.54) is 35.1 Å². The lowest BCUT2D eigenvalue weighted by molar-refractivity contribution is -0.137. The first-order valence-corrected chi connectivity index (χ1v) is 12.4. The van der Waals surface area contributed by atoms with Crippen LogP contribution in [0, 0.1) is 0 Å². The molecule has 0 unspecified atom stereocenters. The average Bonchev–Trinajstić information content (AvgIpc) is 3.26. The molecule has 4 aromatic rings. The Morgan fingerprint density at radius 2 is 1.81 bits per heavy atom. The molecule has 0 fully saturated rings. The largest absolute Gasteiger partial charge is 0.497 e. The lowest BCUT2D eigenvalue weighted by Gasteiger charge is -2.14. The van der Waals surface area contributed by atoms with Gasteiger partial charge in [0, 0.05) is 10.6 Å². The summed E-state index contributed by atoms with van der Waals surface area (Å²) in [6.45, 7) is -0.471. The summed E-state index contributed by atoms with van der Waals surface area (Å²) in [6, 6.07) is 10.7. The fraction of sp³-hybridized carbons (Fsp3) is 0.269. The molecule has 0 saturated carbocycles. The van der Waals surface area contributed by atoms with E-state index in [2.05, 4.69) is 5.32 Å². The number of amides is 1. The number of nitrogens with one attached hydrogen (secondary N) is 1. The summed E-state index contributed by atoms with van der Waals surface area (Å²) >= 11 is 1.32. The number of hydrogen-bond donors (Lipinski definition) is 1. The summed E-state index contributed by atoms with van der Waals surface area (Å²) in [5.74, 6) is -0.138. The topological polar surface area (TPSA) is 82.3 Å². The summed E-state index contributed by atoms with van der Waals surface area (Å²) in [7, 11) is 1.50. The Kier molecular flexibility index (Phi) is 6.40. The standard InChI is InChI=1S/C26H22F3N3O4S/c1-36-18-11-9-17(10-12-18)32-23(34)22-19-7-2-3-8-20(19)37-24(22)31(25(32)35)14-21(33)30-16-6-4-5-15(13-16)26(27,28)29/h4-6,9-13H,2-3,7-8,14H2,1H3,(H,30,33). The fourth-order valence-electron chi connectivity index (χ4n) is 4.58. The zero-order valence-corrected chi connectivity index (χ0v) is 20.5. The molecule has 0 radical (unpaired) electrons. The van der Waals surface area contributed by atoms with E-state index < -0.39 is 35.4 Å². The number of halogens is 3. The van der Waals surface area contributed by atoms with Gasteiger partial charge in [-0.05, 0) is 73.7 Å². The second kappa shape index (κ2) is 9.55. The number of aromatic nitrogens is 2. The molecule has 37 heavy (non-hydrogen) atoms. The molecular weight excluding hydrogens is 507 g/mol. The fourth-order valence-corrected chi connectivity index (χ4v) is 5.96. The van der Waals surface area contributed by atoms with E-state index in [9.17, 15) is 27.6 Å². The summed E-state index contributed by atoms with van der Waals surface area (Å²) in [5, 5.41) is 2.85. The van der Waals surface area contributed by atoms with Gasteiger partial charge in [0.15, 0.2) is 0 Å². The second-order valence-electron chi connectivity index (χ2n) is 8.73. The van der Waals surface area contributed by atoms with Crippen LogP contribution in [0.1, 0.15) is 28.8 Å². The minimum Gasteiger partial charge on any atom is -0.497 e. The maximum Gasteiger partial charge on any atom is 0.416 e. The molecule has 2 aromatic heterocycles. The summed E-state index contributed by atoms with van der Waals surface area (Å²) in [4.78, 5) is 41.6. The van der Waals surface area contributed by atoms with Crippen LogP contribution in [0.4, 0.5) is 18.9 Å². The van der Waals surface area contributed by atoms with Gasteiger partial charge in [-0.1, -0.05) is 6.07 Å². The molecule has 1 amide bonds. The third kappa shape index (κ3) is 4.66. The third-order valence-corrected chi connectivity index (χ3v) is 7.66. The van der Waals surface area contributed by atoms with Gasteiger partial charge in [0.25, 0.3) is 5.56 Å². The lowest BCUT2D eigenvalue weighted by Crippen LogP contribution is -2.40. The van der Waals surface area contributed by atoms with Crippen LogP contribution in [0.25, 0.3) is 15.9 Å². The Bertz CT molecular complexity index is 1620. The minimum atomic E-state index is -4.56. The number of rotatable bonds is 5. The van der Waals surface area contributed by atoms with Gasteiger partial charge in [-0.2, -0.15) is 13.2 Å². The Morgan fingerprint density at radius 3 is 2.51 bits per heavy atom. The molecule has 1 N–H and O–H groups in total. The molecule has 2 heterocycles. The summed E-state index contributed by atoms with van der Waals surface area (Å²) < 4.78 is 46.7. The number of carbonyl (C=O) groups excluding carboxylic acids is 1. The maximum atomic E-state index is 13.6. The van der Waals surface area contributed by atoms with Crippen molar-refractivity contribution in [2.75, 3.05) is 12.4 Å². The number of fused-ring (bicyclic) bond motifs is 3. The van der Waals surface area contributed by atoms with Gasteiger partial charge < -0.3 is 10.1 Å². The van der Waals surface area contributed by atoms with Crippen molar-refractivity contribution in [3.63, 3.8) is 0 Å². The first kappa shape index (κ1) is 24.8. The third-order valence-electron chi connectivity index (χ3n) is 6.34. The van der Waals surface area contributed by atoms with Crippen molar-refractivity contribution < 1.29 is 22.7 Å². The van der Waals surface area contributed by atoms with Gasteiger partial charge in [-0.15, -0.1) is 11.3 Å². The zero-order chi connectivity index (χ0) is 26.3. The molecule has 11 heteroatoms. The van der Waals surface area contributed by atoms with E-state index >= 15 is 0 Å². The normalized spacial score (nSPS) is 13.4. The Hall–Kier alpha value is -3.86. The van der Waals surface area contributed by atoms with E-state index in [0.717, 1.165) is 46.4 Å². The molecule has 0 aliphatic heterocycles. The first-order valence-electron chi connectivity index (χ1n) is 11.6. The molecule has 2 aromatic carbocycles. The van der Waals surface area contributed by atoms with Crippen LogP contribution in [0.15, 0.2) is 58.1 Å². The smallest absolute Gasteiger partial charge is 0.416 e. The van der Waals surface area contributed by atoms with Gasteiger partial charge >= 0.3 is 11.9 Å². The van der Waals surface area contributed by atoms with Crippen molar-refractivity contribution in [3.05, 3.63) is 85.4 Å². The van der Waals surface area contributed by atoms with Gasteiger partial charge in [0.05, 0.1) is 23.7 Å². The van der Waals surface area contributed by atoms with E-state index in [1.807, 2.05) is 0 Å². The molecule has 1 aliphatic carbocycles. The number of ether oxygens (including phenoxy) is 1. The Balaban J connectivity index is 1.61. The van der Waals surface area contributed by atoms with E-state index in [1.54, 1.807) is 24.3 Å². The molecule has 0 bridgehead atoms. The van der Waals surface area contributed by atoms with Crippen molar-refractivity contribution in [2.24, 2.45) is 0 Å². The van der Waals surface area contributed by atoms with Crippen molar-refractivity contribution >= 4 is 33.1 Å². The molecule has 0 atom stereocenters. The van der Waals surface area contributed by atoms with Gasteiger partial charge in [-0.3, -0.25) is 14.2 Å². The molecule has 7 nitrogen and oxygen atoms in total. The van der Waals surface area contributed by atoms with Crippen LogP contribution in [0.5, 0.6) is 5.75 Å². The Morgan fingerprint density at radius 1 is 1.08 bits per heavy atom. The predicted octanol–water partition coefficient (Wildman–Crippen LogP) is 4.76. The lowest BCUT2D eigenvalue weighted by atomic mass is 9.97. The van der Waals surface area contributed by atoms with E-state index in [0.29, 0.717) is 28.1 Å². The Labute approximate surface area is 212 Å². The first-order chi connectivity index (χ1) is 17.7. The molecular formula is C26H22F3N3O4S. The number of alkyl halides is 3. The van der Waals surface area contributed by atoms with Crippen LogP contribution in [0.2, 0.25) is 0 Å². The van der Waals surface area contributed by atoms with Gasteiger partial charge in [0.2, 0.25) is 5.91 Å². The summed E-state index contributed by atoms with van der Waals surface area (Å²) in [5.41, 5.74) is -0.896. The molecule has 0 saturated heterocycles. The van der Waals surface area contributed by atoms with Crippen molar-refractivity contribution in [1.29, 1.82) is 0 Å². The number of thiophene rings is 1. The van der Waals surface area contributed by atoms with Crippen LogP contribution in [-0.4, -0.2) is 22.2 Å². The maximum absolute atomic E-state index is 13.6. The number of anilines is 1. The molecule has 0 spiro atoms. The zero-order valence-electron chi connectivity index (χ0n) is 19.7. The van der Waals surface area contributed by atoms with Crippen molar-refractivity contribution in [1.82, 2.24) is 9.13 Å². The number of carbonyl (C=O) groups is 1. The highest BCUT2D eigenvalue weighted by Gasteiger charge is 2.30. The average molecular weight is 530 g/mol. The highest BCUT2D eigenvalue weighted by Crippen LogP contribution is 2.34. The monoisotopic (exact) mass is 529 g/mol. The molecule has 5 rings (SSSR count). The van der Waals surface area contributed by atoms with Crippen LogP contribution in [0.3, 0.4) is 0 Å². The number of nitrogens with zero attached hydrogens (tertiary/aromatic N) is 2. The van der Waals surface area contributed by atoms with Crippen molar-refractivity contribution in [2.45, 2.75) is 38.4 Å². The summed E-state index contributed by atoms with van der Waals surface area (Å²) in [6.07, 6.45) is -1.21. The minimum absolute atomic E-state index is 0.0435. The quantitative estimate of drug-likeness (QED) is 0.404. The predicted molar refractivity (Wildman–Crippen MR) is 135 cm³/mol. The van der Waals surface area contributed by atoms with Gasteiger partial charge in [0.1, 0.15) is 17.1 Å². The molecule has 192 valence electrons. The van der Waals surface area contributed by atoms with E-state index in [4.69, 9.17) is 4.74 Å². The van der Waals surface area contributed by atoms with Crippen LogP contribution >= 0.6 is 11.3 Å². The van der Waals surface area contributed by atoms with E-state index in [-0.39, 0.29) is 5.69 Å². The second-order valence-corrected chi connectivity index (χ2v) is 9.81. The van der Waals surface area contributed by atoms with Gasteiger partial charge in [-0.25, -0.2) is 9.36 Å².